The summed E-state index contributed by atoms with van der Waals surface area (Å²) in [5, 5.41) is 9.30. The molecular weight excluding hydrogens is 234 g/mol. The minimum atomic E-state index is -0.0641. The van der Waals surface area contributed by atoms with Gasteiger partial charge in [0.2, 0.25) is 0 Å². The zero-order chi connectivity index (χ0) is 12.8. The van der Waals surface area contributed by atoms with Crippen LogP contribution in [0.3, 0.4) is 0 Å². The van der Waals surface area contributed by atoms with Gasteiger partial charge >= 0.3 is 0 Å². The third-order valence-corrected chi connectivity index (χ3v) is 3.04. The number of halogens is 1. The fourth-order valence-corrected chi connectivity index (χ4v) is 2.08. The smallest absolute Gasteiger partial charge is 0.0640 e. The maximum Gasteiger partial charge on any atom is 0.0640 e. The van der Waals surface area contributed by atoms with Gasteiger partial charge in [0, 0.05) is 29.8 Å². The number of anilines is 1. The Kier molecular flexibility index (Phi) is 5.27. The van der Waals surface area contributed by atoms with E-state index in [1.807, 2.05) is 25.1 Å². The Labute approximate surface area is 108 Å². The van der Waals surface area contributed by atoms with Crippen LogP contribution < -0.4 is 10.6 Å². The van der Waals surface area contributed by atoms with E-state index in [0.29, 0.717) is 11.4 Å². The first kappa shape index (κ1) is 13.8. The molecule has 0 aliphatic heterocycles. The van der Waals surface area contributed by atoms with Crippen LogP contribution in [0.2, 0.25) is 5.02 Å². The summed E-state index contributed by atoms with van der Waals surface area (Å²) in [6.07, 6.45) is 0.514. The average molecular weight is 252 g/mol. The summed E-state index contributed by atoms with van der Waals surface area (Å²) in [6, 6.07) is 7.97. The minimum Gasteiger partial charge on any atom is -0.371 e. The second-order valence-electron chi connectivity index (χ2n) is 3.98. The lowest BCUT2D eigenvalue weighted by Crippen LogP contribution is -2.23. The summed E-state index contributed by atoms with van der Waals surface area (Å²) in [7, 11) is 0. The van der Waals surface area contributed by atoms with E-state index in [1.165, 1.54) is 0 Å². The van der Waals surface area contributed by atoms with Crippen molar-refractivity contribution in [1.82, 2.24) is 0 Å². The molecule has 3 nitrogen and oxygen atoms in total. The van der Waals surface area contributed by atoms with Crippen molar-refractivity contribution in [2.45, 2.75) is 26.3 Å². The van der Waals surface area contributed by atoms with Gasteiger partial charge in [-0.2, -0.15) is 5.26 Å². The number of rotatable bonds is 5. The highest BCUT2D eigenvalue weighted by Crippen LogP contribution is 2.27. The molecule has 92 valence electrons. The molecular formula is C13H18ClN3. The maximum absolute atomic E-state index is 8.61. The second-order valence-corrected chi connectivity index (χ2v) is 4.39. The van der Waals surface area contributed by atoms with Crippen molar-refractivity contribution in [3.05, 3.63) is 28.8 Å². The molecule has 0 bridgehead atoms. The van der Waals surface area contributed by atoms with E-state index < -0.39 is 0 Å². The van der Waals surface area contributed by atoms with Gasteiger partial charge in [-0.15, -0.1) is 0 Å². The molecule has 0 heterocycles. The number of nitriles is 1. The lowest BCUT2D eigenvalue weighted by molar-refractivity contribution is 0.810. The van der Waals surface area contributed by atoms with Gasteiger partial charge < -0.3 is 10.6 Å². The summed E-state index contributed by atoms with van der Waals surface area (Å²) < 4.78 is 0. The van der Waals surface area contributed by atoms with E-state index in [4.69, 9.17) is 22.6 Å². The maximum atomic E-state index is 8.61. The SMILES string of the molecule is CCN(CCC#N)c1ccc(C(C)N)c(Cl)c1. The largest absolute Gasteiger partial charge is 0.371 e. The van der Waals surface area contributed by atoms with E-state index >= 15 is 0 Å². The molecule has 0 fully saturated rings. The van der Waals surface area contributed by atoms with Gasteiger partial charge in [-0.3, -0.25) is 0 Å². The lowest BCUT2D eigenvalue weighted by atomic mass is 10.1. The molecule has 0 spiro atoms. The summed E-state index contributed by atoms with van der Waals surface area (Å²) >= 11 is 6.19. The Morgan fingerprint density at radius 3 is 2.71 bits per heavy atom. The molecule has 0 radical (unpaired) electrons. The topological polar surface area (TPSA) is 53.0 Å². The van der Waals surface area contributed by atoms with Crippen LogP contribution in [0, 0.1) is 11.3 Å². The number of benzene rings is 1. The first-order valence-electron chi connectivity index (χ1n) is 5.77. The predicted molar refractivity (Wildman–Crippen MR) is 72.2 cm³/mol. The Bertz CT molecular complexity index is 410. The molecule has 0 saturated heterocycles. The Morgan fingerprint density at radius 1 is 1.53 bits per heavy atom. The Morgan fingerprint density at radius 2 is 2.24 bits per heavy atom. The number of hydrogen-bond acceptors (Lipinski definition) is 3. The van der Waals surface area contributed by atoms with Gasteiger partial charge in [-0.05, 0) is 31.5 Å². The average Bonchev–Trinajstić information content (AvgIpc) is 2.29. The zero-order valence-electron chi connectivity index (χ0n) is 10.3. The van der Waals surface area contributed by atoms with Gasteiger partial charge in [0.1, 0.15) is 0 Å². The van der Waals surface area contributed by atoms with Crippen molar-refractivity contribution in [1.29, 1.82) is 5.26 Å². The molecule has 1 aromatic carbocycles. The van der Waals surface area contributed by atoms with Crippen LogP contribution in [0.1, 0.15) is 31.9 Å². The molecule has 0 aromatic heterocycles. The summed E-state index contributed by atoms with van der Waals surface area (Å²) in [6.45, 7) is 5.55. The van der Waals surface area contributed by atoms with E-state index in [2.05, 4.69) is 17.9 Å². The molecule has 1 aromatic rings. The molecule has 1 unspecified atom stereocenters. The first-order valence-corrected chi connectivity index (χ1v) is 6.14. The van der Waals surface area contributed by atoms with Crippen molar-refractivity contribution in [2.75, 3.05) is 18.0 Å². The third kappa shape index (κ3) is 3.62. The molecule has 0 aliphatic rings. The van der Waals surface area contributed by atoms with E-state index in [0.717, 1.165) is 24.3 Å². The van der Waals surface area contributed by atoms with E-state index in [9.17, 15) is 0 Å². The van der Waals surface area contributed by atoms with Crippen molar-refractivity contribution < 1.29 is 0 Å². The fraction of sp³-hybridized carbons (Fsp3) is 0.462. The summed E-state index contributed by atoms with van der Waals surface area (Å²) in [4.78, 5) is 2.13. The molecule has 17 heavy (non-hydrogen) atoms. The van der Waals surface area contributed by atoms with Crippen LogP contribution in [0.5, 0.6) is 0 Å². The third-order valence-electron chi connectivity index (χ3n) is 2.71. The summed E-state index contributed by atoms with van der Waals surface area (Å²) in [5.74, 6) is 0. The minimum absolute atomic E-state index is 0.0641. The van der Waals surface area contributed by atoms with Crippen molar-refractivity contribution in [3.8, 4) is 6.07 Å². The van der Waals surface area contributed by atoms with E-state index in [-0.39, 0.29) is 6.04 Å². The van der Waals surface area contributed by atoms with Crippen LogP contribution >= 0.6 is 11.6 Å². The highest BCUT2D eigenvalue weighted by Gasteiger charge is 2.09. The molecule has 2 N–H and O–H groups in total. The van der Waals surface area contributed by atoms with Crippen molar-refractivity contribution >= 4 is 17.3 Å². The lowest BCUT2D eigenvalue weighted by Gasteiger charge is -2.23. The molecule has 4 heteroatoms. The Hall–Kier alpha value is -1.24. The van der Waals surface area contributed by atoms with Crippen LogP contribution in [0.15, 0.2) is 18.2 Å². The second kappa shape index (κ2) is 6.48. The highest BCUT2D eigenvalue weighted by molar-refractivity contribution is 6.31. The van der Waals surface area contributed by atoms with Crippen LogP contribution in [0.25, 0.3) is 0 Å². The van der Waals surface area contributed by atoms with Gasteiger partial charge in [-0.25, -0.2) is 0 Å². The van der Waals surface area contributed by atoms with Gasteiger partial charge in [0.25, 0.3) is 0 Å². The van der Waals surface area contributed by atoms with Crippen LogP contribution in [-0.2, 0) is 0 Å². The normalized spacial score (nSPS) is 11.9. The van der Waals surface area contributed by atoms with Gasteiger partial charge in [0.15, 0.2) is 0 Å². The monoisotopic (exact) mass is 251 g/mol. The number of nitrogens with two attached hydrogens (primary N) is 1. The number of hydrogen-bond donors (Lipinski definition) is 1. The van der Waals surface area contributed by atoms with Gasteiger partial charge in [0.05, 0.1) is 12.5 Å². The molecule has 0 aliphatic carbocycles. The predicted octanol–water partition coefficient (Wildman–Crippen LogP) is 3.10. The Balaban J connectivity index is 2.91. The fourth-order valence-electron chi connectivity index (χ4n) is 1.74. The molecule has 1 atom stereocenters. The summed E-state index contributed by atoms with van der Waals surface area (Å²) in [5.41, 5.74) is 7.80. The standard InChI is InChI=1S/C13H18ClN3/c1-3-17(8-4-7-15)11-5-6-12(10(2)16)13(14)9-11/h5-6,9-10H,3-4,8,16H2,1-2H3. The molecule has 0 saturated carbocycles. The highest BCUT2D eigenvalue weighted by atomic mass is 35.5. The molecule has 1 rings (SSSR count). The zero-order valence-corrected chi connectivity index (χ0v) is 11.0. The van der Waals surface area contributed by atoms with Crippen LogP contribution in [-0.4, -0.2) is 13.1 Å². The number of nitrogens with zero attached hydrogens (tertiary/aromatic N) is 2. The quantitative estimate of drug-likeness (QED) is 0.875. The van der Waals surface area contributed by atoms with E-state index in [1.54, 1.807) is 0 Å². The van der Waals surface area contributed by atoms with Crippen molar-refractivity contribution in [3.63, 3.8) is 0 Å². The first-order chi connectivity index (χ1) is 8.10. The van der Waals surface area contributed by atoms with Gasteiger partial charge in [-0.1, -0.05) is 17.7 Å². The van der Waals surface area contributed by atoms with Crippen LogP contribution in [0.4, 0.5) is 5.69 Å². The molecule has 0 amide bonds. The van der Waals surface area contributed by atoms with Crippen molar-refractivity contribution in [2.24, 2.45) is 5.73 Å².